The molecule has 8 heteroatoms. The number of H-pyrrole nitrogens is 1. The smallest absolute Gasteiger partial charge is 0.260 e. The lowest BCUT2D eigenvalue weighted by molar-refractivity contribution is -0.144. The highest BCUT2D eigenvalue weighted by molar-refractivity contribution is 7.89. The number of carbonyl (C=O) groups excluding carboxylic acids is 1. The average molecular weight is 366 g/mol. The number of rotatable bonds is 5. The third-order valence-corrected chi connectivity index (χ3v) is 8.07. The number of amides is 1. The lowest BCUT2D eigenvalue weighted by Crippen LogP contribution is -2.54. The molecule has 0 atom stereocenters. The van der Waals surface area contributed by atoms with E-state index in [2.05, 4.69) is 10.2 Å². The van der Waals surface area contributed by atoms with Gasteiger partial charge in [-0.1, -0.05) is 12.8 Å². The van der Waals surface area contributed by atoms with Crippen molar-refractivity contribution >= 4 is 15.9 Å². The molecule has 1 N–H and O–H groups in total. The molecule has 3 aliphatic rings. The van der Waals surface area contributed by atoms with Crippen LogP contribution in [0.5, 0.6) is 0 Å². The molecule has 1 aromatic rings. The van der Waals surface area contributed by atoms with Crippen LogP contribution in [0.15, 0.2) is 17.3 Å². The highest BCUT2D eigenvalue weighted by Crippen LogP contribution is 2.45. The summed E-state index contributed by atoms with van der Waals surface area (Å²) in [5, 5.41) is 6.37. The summed E-state index contributed by atoms with van der Waals surface area (Å²) in [5.74, 6) is 1.57. The highest BCUT2D eigenvalue weighted by Gasteiger charge is 2.43. The van der Waals surface area contributed by atoms with Crippen LogP contribution in [-0.2, 0) is 14.8 Å². The van der Waals surface area contributed by atoms with E-state index in [0.29, 0.717) is 38.0 Å². The first-order valence-corrected chi connectivity index (χ1v) is 10.8. The molecule has 0 bridgehead atoms. The zero-order chi connectivity index (χ0) is 17.4. The van der Waals surface area contributed by atoms with Crippen LogP contribution >= 0.6 is 0 Å². The Morgan fingerprint density at radius 3 is 2.12 bits per heavy atom. The van der Waals surface area contributed by atoms with Gasteiger partial charge in [0, 0.05) is 32.1 Å². The highest BCUT2D eigenvalue weighted by atomic mass is 32.2. The normalized spacial score (nSPS) is 23.5. The van der Waals surface area contributed by atoms with Gasteiger partial charge in [0.1, 0.15) is 0 Å². The Balaban J connectivity index is 1.40. The predicted molar refractivity (Wildman–Crippen MR) is 92.1 cm³/mol. The number of carbonyl (C=O) groups is 1. The molecule has 25 heavy (non-hydrogen) atoms. The number of aromatic amines is 1. The van der Waals surface area contributed by atoms with Crippen LogP contribution in [-0.4, -0.2) is 59.9 Å². The van der Waals surface area contributed by atoms with Crippen LogP contribution in [0.1, 0.15) is 38.5 Å². The number of sulfonamides is 1. The predicted octanol–water partition coefficient (Wildman–Crippen LogP) is 1.46. The van der Waals surface area contributed by atoms with Crippen molar-refractivity contribution in [3.8, 4) is 0 Å². The van der Waals surface area contributed by atoms with E-state index < -0.39 is 10.0 Å². The maximum Gasteiger partial charge on any atom is 0.260 e. The van der Waals surface area contributed by atoms with E-state index in [1.54, 1.807) is 0 Å². The molecule has 2 saturated carbocycles. The summed E-state index contributed by atoms with van der Waals surface area (Å²) in [4.78, 5) is 15.0. The molecule has 1 aromatic heterocycles. The van der Waals surface area contributed by atoms with Gasteiger partial charge in [0.2, 0.25) is 5.91 Å². The maximum atomic E-state index is 13.1. The molecular weight excluding hydrogens is 340 g/mol. The Labute approximate surface area is 148 Å². The lowest BCUT2D eigenvalue weighted by Gasteiger charge is -2.44. The quantitative estimate of drug-likeness (QED) is 0.855. The molecule has 0 spiro atoms. The van der Waals surface area contributed by atoms with Gasteiger partial charge in [0.25, 0.3) is 10.0 Å². The second-order valence-corrected chi connectivity index (χ2v) is 9.46. The van der Waals surface area contributed by atoms with Gasteiger partial charge >= 0.3 is 0 Å². The molecule has 2 heterocycles. The lowest BCUT2D eigenvalue weighted by atomic mass is 9.64. The van der Waals surface area contributed by atoms with Gasteiger partial charge in [-0.3, -0.25) is 9.89 Å². The second kappa shape index (κ2) is 6.72. The topological polar surface area (TPSA) is 86.4 Å². The van der Waals surface area contributed by atoms with Gasteiger partial charge in [-0.25, -0.2) is 8.42 Å². The van der Waals surface area contributed by atoms with Crippen molar-refractivity contribution in [1.82, 2.24) is 19.4 Å². The molecule has 7 nitrogen and oxygen atoms in total. The first-order chi connectivity index (χ1) is 12.1. The van der Waals surface area contributed by atoms with Crippen molar-refractivity contribution in [2.75, 3.05) is 26.2 Å². The van der Waals surface area contributed by atoms with Crippen molar-refractivity contribution in [2.45, 2.75) is 43.6 Å². The van der Waals surface area contributed by atoms with E-state index in [1.165, 1.54) is 55.1 Å². The second-order valence-electron chi connectivity index (χ2n) is 7.56. The van der Waals surface area contributed by atoms with Crippen molar-refractivity contribution in [3.63, 3.8) is 0 Å². The van der Waals surface area contributed by atoms with Gasteiger partial charge in [0.05, 0.1) is 6.20 Å². The van der Waals surface area contributed by atoms with Crippen LogP contribution in [0.25, 0.3) is 0 Å². The molecule has 1 saturated heterocycles. The molecule has 1 aliphatic heterocycles. The minimum Gasteiger partial charge on any atom is -0.340 e. The molecule has 0 aromatic carbocycles. The summed E-state index contributed by atoms with van der Waals surface area (Å²) in [5.41, 5.74) is 0. The van der Waals surface area contributed by atoms with Crippen molar-refractivity contribution < 1.29 is 13.2 Å². The molecule has 4 rings (SSSR count). The fourth-order valence-corrected chi connectivity index (χ4v) is 5.59. The summed E-state index contributed by atoms with van der Waals surface area (Å²) in [6.07, 6.45) is 8.66. The van der Waals surface area contributed by atoms with Crippen LogP contribution in [0.4, 0.5) is 0 Å². The zero-order valence-corrected chi connectivity index (χ0v) is 15.2. The van der Waals surface area contributed by atoms with E-state index in [1.807, 2.05) is 4.90 Å². The summed E-state index contributed by atoms with van der Waals surface area (Å²) < 4.78 is 26.5. The Morgan fingerprint density at radius 2 is 1.68 bits per heavy atom. The van der Waals surface area contributed by atoms with Crippen molar-refractivity contribution in [3.05, 3.63) is 12.3 Å². The van der Waals surface area contributed by atoms with Crippen LogP contribution in [0.2, 0.25) is 0 Å². The molecule has 2 aliphatic carbocycles. The number of piperazine rings is 1. The third-order valence-electron chi connectivity index (χ3n) is 6.24. The van der Waals surface area contributed by atoms with Crippen LogP contribution in [0.3, 0.4) is 0 Å². The van der Waals surface area contributed by atoms with Gasteiger partial charge in [-0.05, 0) is 43.6 Å². The molecule has 138 valence electrons. The van der Waals surface area contributed by atoms with Crippen LogP contribution < -0.4 is 0 Å². The number of hydrogen-bond acceptors (Lipinski definition) is 4. The van der Waals surface area contributed by atoms with Crippen molar-refractivity contribution in [1.29, 1.82) is 0 Å². The Kier molecular flexibility index (Phi) is 4.58. The van der Waals surface area contributed by atoms with Gasteiger partial charge in [-0.15, -0.1) is 0 Å². The largest absolute Gasteiger partial charge is 0.340 e. The molecule has 0 radical (unpaired) electrons. The standard InChI is InChI=1S/C17H26N4O3S/c22-17(16(13-3-1-4-13)14-5-2-6-14)20-9-11-21(12-10-20)25(23,24)15-7-8-18-19-15/h7-8,13-14,16H,1-6,9-12H2,(H,18,19). The minimum atomic E-state index is -3.53. The first kappa shape index (κ1) is 17.0. The van der Waals surface area contributed by atoms with E-state index in [9.17, 15) is 13.2 Å². The average Bonchev–Trinajstić information content (AvgIpc) is 3.05. The van der Waals surface area contributed by atoms with E-state index in [0.717, 1.165) is 0 Å². The van der Waals surface area contributed by atoms with Gasteiger partial charge < -0.3 is 4.90 Å². The zero-order valence-electron chi connectivity index (χ0n) is 14.4. The number of nitrogens with zero attached hydrogens (tertiary/aromatic N) is 3. The van der Waals surface area contributed by atoms with Crippen molar-refractivity contribution in [2.24, 2.45) is 17.8 Å². The monoisotopic (exact) mass is 366 g/mol. The Bertz CT molecular complexity index is 688. The van der Waals surface area contributed by atoms with Gasteiger partial charge in [-0.2, -0.15) is 9.40 Å². The van der Waals surface area contributed by atoms with E-state index >= 15 is 0 Å². The minimum absolute atomic E-state index is 0.120. The first-order valence-electron chi connectivity index (χ1n) is 9.35. The van der Waals surface area contributed by atoms with E-state index in [4.69, 9.17) is 0 Å². The maximum absolute atomic E-state index is 13.1. The number of aromatic nitrogens is 2. The Hall–Kier alpha value is -1.41. The summed E-state index contributed by atoms with van der Waals surface area (Å²) in [7, 11) is -3.53. The molecular formula is C17H26N4O3S. The Morgan fingerprint density at radius 1 is 1.08 bits per heavy atom. The fourth-order valence-electron chi connectivity index (χ4n) is 4.27. The number of nitrogens with one attached hydrogen (secondary N) is 1. The third kappa shape index (κ3) is 3.10. The van der Waals surface area contributed by atoms with Gasteiger partial charge in [0.15, 0.2) is 5.03 Å². The summed E-state index contributed by atoms with van der Waals surface area (Å²) in [6.45, 7) is 1.69. The van der Waals surface area contributed by atoms with Crippen LogP contribution in [0, 0.1) is 17.8 Å². The SMILES string of the molecule is O=C(C(C1CCC1)C1CCC1)N1CCN(S(=O)(=O)c2ccn[nH]2)CC1. The molecule has 1 amide bonds. The fraction of sp³-hybridized carbons (Fsp3) is 0.765. The molecule has 0 unspecified atom stereocenters. The molecule has 3 fully saturated rings. The number of hydrogen-bond donors (Lipinski definition) is 1. The summed E-state index contributed by atoms with van der Waals surface area (Å²) in [6, 6.07) is 1.47. The summed E-state index contributed by atoms with van der Waals surface area (Å²) >= 11 is 0. The van der Waals surface area contributed by atoms with E-state index in [-0.39, 0.29) is 16.9 Å².